The van der Waals surface area contributed by atoms with E-state index in [2.05, 4.69) is 12.2 Å². The Labute approximate surface area is 108 Å². The predicted octanol–water partition coefficient (Wildman–Crippen LogP) is 4.51. The predicted molar refractivity (Wildman–Crippen MR) is 70.7 cm³/mol. The molecule has 1 N–H and O–H groups in total. The number of halogens is 2. The van der Waals surface area contributed by atoms with Gasteiger partial charge in [0, 0.05) is 6.54 Å². The standard InChI is InChI=1S/C15H21F2N/c1-10-3-6-12(7-4-10)9-18-15-13(16)8-5-11(2)14(15)17/h5,8,10,12,18H,3-4,6-7,9H2,1-2H3. The van der Waals surface area contributed by atoms with Crippen LogP contribution < -0.4 is 5.32 Å². The summed E-state index contributed by atoms with van der Waals surface area (Å²) in [6.07, 6.45) is 4.77. The van der Waals surface area contributed by atoms with Crippen molar-refractivity contribution in [1.29, 1.82) is 0 Å². The molecule has 0 atom stereocenters. The van der Waals surface area contributed by atoms with E-state index >= 15 is 0 Å². The molecular weight excluding hydrogens is 232 g/mol. The first-order valence-electron chi connectivity index (χ1n) is 6.76. The van der Waals surface area contributed by atoms with Gasteiger partial charge in [-0.2, -0.15) is 0 Å². The van der Waals surface area contributed by atoms with E-state index in [-0.39, 0.29) is 5.69 Å². The van der Waals surface area contributed by atoms with Crippen molar-refractivity contribution in [3.8, 4) is 0 Å². The van der Waals surface area contributed by atoms with Gasteiger partial charge in [0.25, 0.3) is 0 Å². The molecule has 0 aliphatic heterocycles. The first kappa shape index (κ1) is 13.3. The summed E-state index contributed by atoms with van der Waals surface area (Å²) >= 11 is 0. The molecular formula is C15H21F2N. The molecule has 1 saturated carbocycles. The summed E-state index contributed by atoms with van der Waals surface area (Å²) in [6, 6.07) is 2.79. The highest BCUT2D eigenvalue weighted by atomic mass is 19.1. The van der Waals surface area contributed by atoms with Crippen LogP contribution in [0.1, 0.15) is 38.2 Å². The van der Waals surface area contributed by atoms with E-state index in [9.17, 15) is 8.78 Å². The summed E-state index contributed by atoms with van der Waals surface area (Å²) in [4.78, 5) is 0. The Hall–Kier alpha value is -1.12. The number of rotatable bonds is 3. The fraction of sp³-hybridized carbons (Fsp3) is 0.600. The first-order valence-corrected chi connectivity index (χ1v) is 6.76. The Morgan fingerprint density at radius 1 is 1.17 bits per heavy atom. The van der Waals surface area contributed by atoms with Gasteiger partial charge in [-0.3, -0.25) is 0 Å². The quantitative estimate of drug-likeness (QED) is 0.835. The minimum atomic E-state index is -0.498. The van der Waals surface area contributed by atoms with Gasteiger partial charge in [0.1, 0.15) is 11.5 Å². The van der Waals surface area contributed by atoms with Gasteiger partial charge >= 0.3 is 0 Å². The Balaban J connectivity index is 1.96. The number of hydrogen-bond donors (Lipinski definition) is 1. The first-order chi connectivity index (χ1) is 8.58. The second-order valence-corrected chi connectivity index (χ2v) is 5.56. The molecule has 0 heterocycles. The molecule has 0 radical (unpaired) electrons. The molecule has 0 spiro atoms. The normalized spacial score (nSPS) is 24.0. The molecule has 0 aromatic heterocycles. The van der Waals surface area contributed by atoms with E-state index in [1.807, 2.05) is 0 Å². The SMILES string of the molecule is Cc1ccc(F)c(NCC2CCC(C)CC2)c1F. The highest BCUT2D eigenvalue weighted by molar-refractivity contribution is 5.48. The van der Waals surface area contributed by atoms with Crippen LogP contribution in [-0.4, -0.2) is 6.54 Å². The van der Waals surface area contributed by atoms with Gasteiger partial charge in [-0.1, -0.05) is 25.8 Å². The molecule has 0 amide bonds. The van der Waals surface area contributed by atoms with Crippen LogP contribution in [0.15, 0.2) is 12.1 Å². The van der Waals surface area contributed by atoms with E-state index < -0.39 is 11.6 Å². The largest absolute Gasteiger partial charge is 0.380 e. The lowest BCUT2D eigenvalue weighted by atomic mass is 9.83. The van der Waals surface area contributed by atoms with E-state index in [0.717, 1.165) is 18.8 Å². The number of aryl methyl sites for hydroxylation is 1. The third-order valence-electron chi connectivity index (χ3n) is 3.99. The maximum atomic E-state index is 13.8. The van der Waals surface area contributed by atoms with Crippen molar-refractivity contribution in [1.82, 2.24) is 0 Å². The molecule has 1 aliphatic rings. The van der Waals surface area contributed by atoms with Crippen molar-refractivity contribution in [2.75, 3.05) is 11.9 Å². The number of nitrogens with one attached hydrogen (secondary N) is 1. The maximum absolute atomic E-state index is 13.8. The Bertz CT molecular complexity index is 409. The molecule has 1 nitrogen and oxygen atoms in total. The topological polar surface area (TPSA) is 12.0 Å². The fourth-order valence-corrected chi connectivity index (χ4v) is 2.60. The van der Waals surface area contributed by atoms with Crippen molar-refractivity contribution in [2.45, 2.75) is 39.5 Å². The molecule has 1 aromatic carbocycles. The zero-order valence-corrected chi connectivity index (χ0v) is 11.1. The van der Waals surface area contributed by atoms with Crippen LogP contribution in [0.4, 0.5) is 14.5 Å². The van der Waals surface area contributed by atoms with Crippen LogP contribution in [0.2, 0.25) is 0 Å². The molecule has 3 heteroatoms. The van der Waals surface area contributed by atoms with Crippen molar-refractivity contribution < 1.29 is 8.78 Å². The van der Waals surface area contributed by atoms with E-state index in [4.69, 9.17) is 0 Å². The average Bonchev–Trinajstić information content (AvgIpc) is 2.36. The zero-order valence-electron chi connectivity index (χ0n) is 11.1. The van der Waals surface area contributed by atoms with Gasteiger partial charge in [-0.25, -0.2) is 8.78 Å². The van der Waals surface area contributed by atoms with E-state index in [1.165, 1.54) is 25.0 Å². The summed E-state index contributed by atoms with van der Waals surface area (Å²) < 4.78 is 27.3. The average molecular weight is 253 g/mol. The fourth-order valence-electron chi connectivity index (χ4n) is 2.60. The molecule has 100 valence electrons. The lowest BCUT2D eigenvalue weighted by Gasteiger charge is -2.26. The lowest BCUT2D eigenvalue weighted by Crippen LogP contribution is -2.21. The molecule has 0 bridgehead atoms. The molecule has 1 aromatic rings. The van der Waals surface area contributed by atoms with Gasteiger partial charge in [-0.15, -0.1) is 0 Å². The number of hydrogen-bond acceptors (Lipinski definition) is 1. The third kappa shape index (κ3) is 3.01. The van der Waals surface area contributed by atoms with Crippen molar-refractivity contribution >= 4 is 5.69 Å². The summed E-state index contributed by atoms with van der Waals surface area (Å²) in [7, 11) is 0. The van der Waals surface area contributed by atoms with Crippen LogP contribution in [0, 0.1) is 30.4 Å². The van der Waals surface area contributed by atoms with Gasteiger partial charge in [0.2, 0.25) is 0 Å². The number of anilines is 1. The molecule has 1 aliphatic carbocycles. The third-order valence-corrected chi connectivity index (χ3v) is 3.99. The van der Waals surface area contributed by atoms with E-state index in [0.29, 0.717) is 18.0 Å². The monoisotopic (exact) mass is 253 g/mol. The minimum Gasteiger partial charge on any atom is -0.380 e. The molecule has 0 unspecified atom stereocenters. The Kier molecular flexibility index (Phi) is 4.20. The molecule has 1 fully saturated rings. The van der Waals surface area contributed by atoms with Crippen LogP contribution in [-0.2, 0) is 0 Å². The summed E-state index contributed by atoms with van der Waals surface area (Å²) in [5.41, 5.74) is 0.518. The highest BCUT2D eigenvalue weighted by Crippen LogP contribution is 2.29. The molecule has 0 saturated heterocycles. The Morgan fingerprint density at radius 2 is 1.83 bits per heavy atom. The smallest absolute Gasteiger partial charge is 0.152 e. The zero-order chi connectivity index (χ0) is 13.1. The number of benzene rings is 1. The van der Waals surface area contributed by atoms with Gasteiger partial charge in [0.15, 0.2) is 5.82 Å². The Morgan fingerprint density at radius 3 is 2.50 bits per heavy atom. The molecule has 2 rings (SSSR count). The van der Waals surface area contributed by atoms with Crippen LogP contribution >= 0.6 is 0 Å². The molecule has 18 heavy (non-hydrogen) atoms. The van der Waals surface area contributed by atoms with Gasteiger partial charge in [-0.05, 0) is 43.2 Å². The lowest BCUT2D eigenvalue weighted by molar-refractivity contribution is 0.300. The van der Waals surface area contributed by atoms with Crippen LogP contribution in [0.5, 0.6) is 0 Å². The summed E-state index contributed by atoms with van der Waals surface area (Å²) in [5.74, 6) is 0.385. The van der Waals surface area contributed by atoms with Gasteiger partial charge < -0.3 is 5.32 Å². The second kappa shape index (κ2) is 5.68. The van der Waals surface area contributed by atoms with Crippen LogP contribution in [0.25, 0.3) is 0 Å². The van der Waals surface area contributed by atoms with Crippen molar-refractivity contribution in [2.24, 2.45) is 11.8 Å². The maximum Gasteiger partial charge on any atom is 0.152 e. The second-order valence-electron chi connectivity index (χ2n) is 5.56. The van der Waals surface area contributed by atoms with Crippen LogP contribution in [0.3, 0.4) is 0 Å². The minimum absolute atomic E-state index is 0.0358. The summed E-state index contributed by atoms with van der Waals surface area (Å²) in [6.45, 7) is 4.59. The van der Waals surface area contributed by atoms with Gasteiger partial charge in [0.05, 0.1) is 0 Å². The van der Waals surface area contributed by atoms with Crippen molar-refractivity contribution in [3.05, 3.63) is 29.3 Å². The van der Waals surface area contributed by atoms with E-state index in [1.54, 1.807) is 6.92 Å². The summed E-state index contributed by atoms with van der Waals surface area (Å²) in [5, 5.41) is 2.96. The van der Waals surface area contributed by atoms with Crippen molar-refractivity contribution in [3.63, 3.8) is 0 Å². The highest BCUT2D eigenvalue weighted by Gasteiger charge is 2.19.